The third-order valence-electron chi connectivity index (χ3n) is 3.54. The van der Waals surface area contributed by atoms with Crippen LogP contribution in [0.25, 0.3) is 0 Å². The summed E-state index contributed by atoms with van der Waals surface area (Å²) in [6, 6.07) is 17.0. The Bertz CT molecular complexity index is 537. The van der Waals surface area contributed by atoms with Gasteiger partial charge in [0, 0.05) is 12.1 Å². The van der Waals surface area contributed by atoms with Gasteiger partial charge in [-0.1, -0.05) is 48.0 Å². The molecule has 21 heavy (non-hydrogen) atoms. The molecule has 0 aliphatic rings. The molecule has 0 saturated heterocycles. The third kappa shape index (κ3) is 5.24. The molecule has 0 bridgehead atoms. The van der Waals surface area contributed by atoms with Crippen LogP contribution >= 0.6 is 0 Å². The van der Waals surface area contributed by atoms with Crippen molar-refractivity contribution in [2.45, 2.75) is 32.7 Å². The topological polar surface area (TPSA) is 21.3 Å². The largest absolute Gasteiger partial charge is 0.493 e. The first-order chi connectivity index (χ1) is 10.3. The van der Waals surface area contributed by atoms with E-state index < -0.39 is 0 Å². The molecule has 1 N–H and O–H groups in total. The van der Waals surface area contributed by atoms with Gasteiger partial charge < -0.3 is 10.1 Å². The summed E-state index contributed by atoms with van der Waals surface area (Å²) >= 11 is 0. The van der Waals surface area contributed by atoms with Crippen molar-refractivity contribution in [2.24, 2.45) is 0 Å². The fraction of sp³-hybridized carbons (Fsp3) is 0.368. The van der Waals surface area contributed by atoms with Gasteiger partial charge in [0.2, 0.25) is 0 Å². The molecule has 0 saturated carbocycles. The van der Waals surface area contributed by atoms with Crippen molar-refractivity contribution in [3.05, 3.63) is 65.2 Å². The standard InChI is InChI=1S/C19H25NO/c1-16-11-12-19(18(14-16)15-20-2)21-13-7-6-10-17-8-4-3-5-9-17/h3-5,8-9,11-12,14,20H,6-7,10,13,15H2,1-2H3. The highest BCUT2D eigenvalue weighted by atomic mass is 16.5. The lowest BCUT2D eigenvalue weighted by Crippen LogP contribution is -2.08. The molecule has 0 spiro atoms. The van der Waals surface area contributed by atoms with E-state index in [2.05, 4.69) is 60.8 Å². The van der Waals surface area contributed by atoms with E-state index in [0.29, 0.717) is 0 Å². The zero-order chi connectivity index (χ0) is 14.9. The minimum Gasteiger partial charge on any atom is -0.493 e. The van der Waals surface area contributed by atoms with E-state index in [-0.39, 0.29) is 0 Å². The molecule has 0 fully saturated rings. The van der Waals surface area contributed by atoms with Gasteiger partial charge in [-0.2, -0.15) is 0 Å². The Hall–Kier alpha value is -1.80. The Morgan fingerprint density at radius 2 is 1.81 bits per heavy atom. The zero-order valence-electron chi connectivity index (χ0n) is 13.1. The molecule has 0 aliphatic heterocycles. The van der Waals surface area contributed by atoms with Gasteiger partial charge in [0.25, 0.3) is 0 Å². The summed E-state index contributed by atoms with van der Waals surface area (Å²) in [5.41, 5.74) is 3.92. The smallest absolute Gasteiger partial charge is 0.123 e. The molecule has 0 unspecified atom stereocenters. The molecule has 0 radical (unpaired) electrons. The summed E-state index contributed by atoms with van der Waals surface area (Å²) in [5, 5.41) is 3.19. The summed E-state index contributed by atoms with van der Waals surface area (Å²) < 4.78 is 5.94. The normalized spacial score (nSPS) is 10.6. The van der Waals surface area contributed by atoms with Gasteiger partial charge in [-0.15, -0.1) is 0 Å². The fourth-order valence-corrected chi connectivity index (χ4v) is 2.44. The Balaban J connectivity index is 1.75. The third-order valence-corrected chi connectivity index (χ3v) is 3.54. The number of hydrogen-bond acceptors (Lipinski definition) is 2. The molecule has 2 nitrogen and oxygen atoms in total. The average molecular weight is 283 g/mol. The summed E-state index contributed by atoms with van der Waals surface area (Å²) in [4.78, 5) is 0. The van der Waals surface area contributed by atoms with Gasteiger partial charge in [0.15, 0.2) is 0 Å². The lowest BCUT2D eigenvalue weighted by Gasteiger charge is -2.12. The molecular formula is C19H25NO. The molecule has 2 aromatic rings. The van der Waals surface area contributed by atoms with Gasteiger partial charge in [-0.25, -0.2) is 0 Å². The van der Waals surface area contributed by atoms with Crippen LogP contribution in [0, 0.1) is 6.92 Å². The Morgan fingerprint density at radius 1 is 1.00 bits per heavy atom. The van der Waals surface area contributed by atoms with E-state index in [4.69, 9.17) is 4.74 Å². The molecule has 0 aromatic heterocycles. The van der Waals surface area contributed by atoms with Crippen LogP contribution in [0.1, 0.15) is 29.5 Å². The second kappa shape index (κ2) is 8.48. The van der Waals surface area contributed by atoms with E-state index in [1.807, 2.05) is 7.05 Å². The van der Waals surface area contributed by atoms with E-state index in [1.165, 1.54) is 16.7 Å². The molecule has 0 amide bonds. The summed E-state index contributed by atoms with van der Waals surface area (Å²) in [6.45, 7) is 3.75. The average Bonchev–Trinajstić information content (AvgIpc) is 2.50. The quantitative estimate of drug-likeness (QED) is 0.736. The van der Waals surface area contributed by atoms with Crippen molar-refractivity contribution in [3.63, 3.8) is 0 Å². The van der Waals surface area contributed by atoms with Crippen LogP contribution in [-0.2, 0) is 13.0 Å². The van der Waals surface area contributed by atoms with Crippen molar-refractivity contribution in [1.82, 2.24) is 5.32 Å². The van der Waals surface area contributed by atoms with E-state index in [1.54, 1.807) is 0 Å². The molecule has 0 aliphatic carbocycles. The van der Waals surface area contributed by atoms with Crippen molar-refractivity contribution in [1.29, 1.82) is 0 Å². The zero-order valence-corrected chi connectivity index (χ0v) is 13.1. The number of ether oxygens (including phenoxy) is 1. The number of benzene rings is 2. The SMILES string of the molecule is CNCc1cc(C)ccc1OCCCCc1ccccc1. The first-order valence-electron chi connectivity index (χ1n) is 7.70. The van der Waals surface area contributed by atoms with E-state index in [0.717, 1.165) is 38.2 Å². The number of nitrogens with one attached hydrogen (secondary N) is 1. The highest BCUT2D eigenvalue weighted by molar-refractivity contribution is 5.36. The molecule has 112 valence electrons. The maximum Gasteiger partial charge on any atom is 0.123 e. The molecular weight excluding hydrogens is 258 g/mol. The van der Waals surface area contributed by atoms with Crippen LogP contribution in [-0.4, -0.2) is 13.7 Å². The second-order valence-corrected chi connectivity index (χ2v) is 5.43. The van der Waals surface area contributed by atoms with E-state index >= 15 is 0 Å². The predicted molar refractivity (Wildman–Crippen MR) is 88.8 cm³/mol. The van der Waals surface area contributed by atoms with Crippen molar-refractivity contribution >= 4 is 0 Å². The summed E-state index contributed by atoms with van der Waals surface area (Å²) in [6.07, 6.45) is 3.38. The van der Waals surface area contributed by atoms with Crippen LogP contribution in [0.2, 0.25) is 0 Å². The summed E-state index contributed by atoms with van der Waals surface area (Å²) in [7, 11) is 1.96. The highest BCUT2D eigenvalue weighted by Gasteiger charge is 2.03. The van der Waals surface area contributed by atoms with Crippen LogP contribution < -0.4 is 10.1 Å². The minimum absolute atomic E-state index is 0.784. The predicted octanol–water partition coefficient (Wildman–Crippen LogP) is 4.12. The molecule has 2 rings (SSSR count). The van der Waals surface area contributed by atoms with Crippen LogP contribution in [0.4, 0.5) is 0 Å². The van der Waals surface area contributed by atoms with Crippen molar-refractivity contribution in [2.75, 3.05) is 13.7 Å². The minimum atomic E-state index is 0.784. The molecule has 0 heterocycles. The van der Waals surface area contributed by atoms with Gasteiger partial charge >= 0.3 is 0 Å². The Kier molecular flexibility index (Phi) is 6.29. The number of hydrogen-bond donors (Lipinski definition) is 1. The van der Waals surface area contributed by atoms with Gasteiger partial charge in [0.05, 0.1) is 6.61 Å². The molecule has 2 heteroatoms. The lowest BCUT2D eigenvalue weighted by molar-refractivity contribution is 0.303. The number of aryl methyl sites for hydroxylation is 2. The van der Waals surface area contributed by atoms with Gasteiger partial charge in [0.1, 0.15) is 5.75 Å². The second-order valence-electron chi connectivity index (χ2n) is 5.43. The number of unbranched alkanes of at least 4 members (excludes halogenated alkanes) is 1. The van der Waals surface area contributed by atoms with Gasteiger partial charge in [-0.3, -0.25) is 0 Å². The molecule has 2 aromatic carbocycles. The van der Waals surface area contributed by atoms with Crippen LogP contribution in [0.15, 0.2) is 48.5 Å². The fourth-order valence-electron chi connectivity index (χ4n) is 2.44. The lowest BCUT2D eigenvalue weighted by atomic mass is 10.1. The Morgan fingerprint density at radius 3 is 2.57 bits per heavy atom. The monoisotopic (exact) mass is 283 g/mol. The van der Waals surface area contributed by atoms with Crippen LogP contribution in [0.3, 0.4) is 0 Å². The maximum absolute atomic E-state index is 5.94. The first-order valence-corrected chi connectivity index (χ1v) is 7.70. The highest BCUT2D eigenvalue weighted by Crippen LogP contribution is 2.20. The Labute approximate surface area is 128 Å². The molecule has 0 atom stereocenters. The maximum atomic E-state index is 5.94. The number of rotatable bonds is 8. The van der Waals surface area contributed by atoms with Gasteiger partial charge in [-0.05, 0) is 44.9 Å². The van der Waals surface area contributed by atoms with Crippen molar-refractivity contribution in [3.8, 4) is 5.75 Å². The summed E-state index contributed by atoms with van der Waals surface area (Å²) in [5.74, 6) is 1.01. The first kappa shape index (κ1) is 15.6. The van der Waals surface area contributed by atoms with Crippen LogP contribution in [0.5, 0.6) is 5.75 Å². The van der Waals surface area contributed by atoms with E-state index in [9.17, 15) is 0 Å². The van der Waals surface area contributed by atoms with Crippen molar-refractivity contribution < 1.29 is 4.74 Å².